The van der Waals surface area contributed by atoms with Gasteiger partial charge in [-0.1, -0.05) is 84.9 Å². The van der Waals surface area contributed by atoms with Crippen LogP contribution in [0.3, 0.4) is 0 Å². The van der Waals surface area contributed by atoms with Crippen molar-refractivity contribution in [1.82, 2.24) is 10.2 Å². The Morgan fingerprint density at radius 3 is 2.18 bits per heavy atom. The van der Waals surface area contributed by atoms with Gasteiger partial charge in [-0.3, -0.25) is 9.59 Å². The number of para-hydroxylation sites is 1. The topological polar surface area (TPSA) is 77.1 Å². The highest BCUT2D eigenvalue weighted by atomic mass is 16.7. The molecule has 7 nitrogen and oxygen atoms in total. The van der Waals surface area contributed by atoms with Crippen molar-refractivity contribution in [2.24, 2.45) is 0 Å². The van der Waals surface area contributed by atoms with Crippen LogP contribution in [0.25, 0.3) is 0 Å². The Labute approximate surface area is 221 Å². The Balaban J connectivity index is 1.40. The average Bonchev–Trinajstić information content (AvgIpc) is 3.44. The number of rotatable bonds is 10. The number of benzene rings is 4. The summed E-state index contributed by atoms with van der Waals surface area (Å²) in [5.74, 6) is 1.32. The van der Waals surface area contributed by atoms with E-state index in [2.05, 4.69) is 5.32 Å². The van der Waals surface area contributed by atoms with Gasteiger partial charge in [0.05, 0.1) is 0 Å². The maximum absolute atomic E-state index is 13.8. The highest BCUT2D eigenvalue weighted by molar-refractivity contribution is 5.89. The SMILES string of the molecule is O=C(NCc1ccc2c(c1)OCO2)C(c1ccccc1)N(Cc1ccccc1)C(=O)COc1ccccc1. The maximum Gasteiger partial charge on any atom is 0.261 e. The largest absolute Gasteiger partial charge is 0.484 e. The van der Waals surface area contributed by atoms with Gasteiger partial charge in [0, 0.05) is 13.1 Å². The molecule has 0 saturated heterocycles. The van der Waals surface area contributed by atoms with Crippen molar-refractivity contribution in [3.05, 3.63) is 126 Å². The third kappa shape index (κ3) is 6.13. The zero-order valence-electron chi connectivity index (χ0n) is 20.8. The van der Waals surface area contributed by atoms with Crippen LogP contribution in [-0.4, -0.2) is 30.1 Å². The monoisotopic (exact) mass is 508 g/mol. The van der Waals surface area contributed by atoms with Crippen molar-refractivity contribution in [1.29, 1.82) is 0 Å². The number of hydrogen-bond acceptors (Lipinski definition) is 5. The Morgan fingerprint density at radius 2 is 1.45 bits per heavy atom. The van der Waals surface area contributed by atoms with Gasteiger partial charge in [0.2, 0.25) is 12.7 Å². The second-order valence-corrected chi connectivity index (χ2v) is 8.83. The summed E-state index contributed by atoms with van der Waals surface area (Å²) in [5.41, 5.74) is 2.48. The average molecular weight is 509 g/mol. The first kappa shape index (κ1) is 24.9. The standard InChI is InChI=1S/C31H28N2O5/c34-29(21-36-26-14-8-3-9-15-26)33(20-23-10-4-1-5-11-23)30(25-12-6-2-7-13-25)31(35)32-19-24-16-17-27-28(18-24)38-22-37-27/h1-18,30H,19-22H2,(H,32,35). The highest BCUT2D eigenvalue weighted by Crippen LogP contribution is 2.32. The molecule has 0 saturated carbocycles. The Hall–Kier alpha value is -4.78. The fraction of sp³-hybridized carbons (Fsp3) is 0.161. The van der Waals surface area contributed by atoms with Crippen molar-refractivity contribution in [2.75, 3.05) is 13.4 Å². The minimum atomic E-state index is -0.864. The summed E-state index contributed by atoms with van der Waals surface area (Å²) in [4.78, 5) is 29.0. The molecule has 1 aliphatic rings. The summed E-state index contributed by atoms with van der Waals surface area (Å²) in [7, 11) is 0. The predicted octanol–water partition coefficient (Wildman–Crippen LogP) is 4.88. The molecule has 0 fully saturated rings. The molecule has 4 aromatic carbocycles. The number of nitrogens with zero attached hydrogens (tertiary/aromatic N) is 1. The number of carbonyl (C=O) groups is 2. The lowest BCUT2D eigenvalue weighted by atomic mass is 10.0. The predicted molar refractivity (Wildman–Crippen MR) is 143 cm³/mol. The molecule has 1 N–H and O–H groups in total. The minimum absolute atomic E-state index is 0.183. The number of fused-ring (bicyclic) bond motifs is 1. The van der Waals surface area contributed by atoms with Crippen molar-refractivity contribution in [3.63, 3.8) is 0 Å². The second-order valence-electron chi connectivity index (χ2n) is 8.83. The molecule has 0 spiro atoms. The number of hydrogen-bond donors (Lipinski definition) is 1. The first-order valence-electron chi connectivity index (χ1n) is 12.4. The quantitative estimate of drug-likeness (QED) is 0.330. The number of nitrogens with one attached hydrogen (secondary N) is 1. The van der Waals surface area contributed by atoms with E-state index in [0.717, 1.165) is 11.1 Å². The first-order valence-corrected chi connectivity index (χ1v) is 12.4. The van der Waals surface area contributed by atoms with Gasteiger partial charge in [-0.2, -0.15) is 0 Å². The molecular formula is C31H28N2O5. The van der Waals surface area contributed by atoms with Gasteiger partial charge in [-0.15, -0.1) is 0 Å². The van der Waals surface area contributed by atoms with Gasteiger partial charge in [0.25, 0.3) is 5.91 Å². The van der Waals surface area contributed by atoms with E-state index in [9.17, 15) is 9.59 Å². The van der Waals surface area contributed by atoms with Gasteiger partial charge in [-0.25, -0.2) is 0 Å². The van der Waals surface area contributed by atoms with Crippen molar-refractivity contribution < 1.29 is 23.8 Å². The van der Waals surface area contributed by atoms with Crippen LogP contribution in [-0.2, 0) is 22.7 Å². The molecule has 4 aromatic rings. The Bertz CT molecular complexity index is 1360. The van der Waals surface area contributed by atoms with Crippen molar-refractivity contribution >= 4 is 11.8 Å². The molecule has 5 rings (SSSR count). The molecule has 192 valence electrons. The van der Waals surface area contributed by atoms with E-state index in [0.29, 0.717) is 22.8 Å². The second kappa shape index (κ2) is 12.0. The van der Waals surface area contributed by atoms with E-state index in [1.807, 2.05) is 97.1 Å². The van der Waals surface area contributed by atoms with Crippen LogP contribution in [0.2, 0.25) is 0 Å². The van der Waals surface area contributed by atoms with Crippen LogP contribution in [0.15, 0.2) is 109 Å². The number of amides is 2. The third-order valence-electron chi connectivity index (χ3n) is 6.20. The summed E-state index contributed by atoms with van der Waals surface area (Å²) >= 11 is 0. The van der Waals surface area contributed by atoms with E-state index in [1.54, 1.807) is 17.0 Å². The first-order chi connectivity index (χ1) is 18.7. The fourth-order valence-corrected chi connectivity index (χ4v) is 4.29. The van der Waals surface area contributed by atoms with Crippen LogP contribution in [0.5, 0.6) is 17.2 Å². The third-order valence-corrected chi connectivity index (χ3v) is 6.20. The molecule has 0 aliphatic carbocycles. The maximum atomic E-state index is 13.8. The summed E-state index contributed by atoms with van der Waals surface area (Å²) < 4.78 is 16.6. The normalized spacial score (nSPS) is 12.4. The van der Waals surface area contributed by atoms with Crippen LogP contribution >= 0.6 is 0 Å². The summed E-state index contributed by atoms with van der Waals surface area (Å²) in [6.07, 6.45) is 0. The van der Waals surface area contributed by atoms with Gasteiger partial charge in [0.1, 0.15) is 11.8 Å². The fourth-order valence-electron chi connectivity index (χ4n) is 4.29. The molecule has 0 radical (unpaired) electrons. The van der Waals surface area contributed by atoms with Gasteiger partial charge in [-0.05, 0) is 41.0 Å². The van der Waals surface area contributed by atoms with Crippen LogP contribution in [0, 0.1) is 0 Å². The van der Waals surface area contributed by atoms with Crippen LogP contribution < -0.4 is 19.5 Å². The van der Waals surface area contributed by atoms with Crippen LogP contribution in [0.1, 0.15) is 22.7 Å². The zero-order chi connectivity index (χ0) is 26.2. The van der Waals surface area contributed by atoms with E-state index in [-0.39, 0.29) is 38.3 Å². The van der Waals surface area contributed by atoms with E-state index in [4.69, 9.17) is 14.2 Å². The number of carbonyl (C=O) groups excluding carboxylic acids is 2. The molecule has 1 unspecified atom stereocenters. The number of ether oxygens (including phenoxy) is 3. The van der Waals surface area contributed by atoms with E-state index >= 15 is 0 Å². The molecule has 1 atom stereocenters. The molecule has 1 heterocycles. The lowest BCUT2D eigenvalue weighted by molar-refractivity contribution is -0.143. The molecule has 1 aliphatic heterocycles. The lowest BCUT2D eigenvalue weighted by Crippen LogP contribution is -2.45. The van der Waals surface area contributed by atoms with Crippen molar-refractivity contribution in [2.45, 2.75) is 19.1 Å². The van der Waals surface area contributed by atoms with Gasteiger partial charge >= 0.3 is 0 Å². The lowest BCUT2D eigenvalue weighted by Gasteiger charge is -2.31. The van der Waals surface area contributed by atoms with E-state index < -0.39 is 6.04 Å². The molecule has 2 amide bonds. The molecule has 0 bridgehead atoms. The highest BCUT2D eigenvalue weighted by Gasteiger charge is 2.32. The molecular weight excluding hydrogens is 480 g/mol. The summed E-state index contributed by atoms with van der Waals surface area (Å²) in [5, 5.41) is 3.01. The Kier molecular flexibility index (Phi) is 7.84. The zero-order valence-corrected chi connectivity index (χ0v) is 20.8. The van der Waals surface area contributed by atoms with E-state index in [1.165, 1.54) is 0 Å². The minimum Gasteiger partial charge on any atom is -0.484 e. The summed E-state index contributed by atoms with van der Waals surface area (Å²) in [6, 6.07) is 32.8. The molecule has 38 heavy (non-hydrogen) atoms. The smallest absolute Gasteiger partial charge is 0.261 e. The summed E-state index contributed by atoms with van der Waals surface area (Å²) in [6.45, 7) is 0.500. The van der Waals surface area contributed by atoms with Gasteiger partial charge in [0.15, 0.2) is 18.1 Å². The van der Waals surface area contributed by atoms with Crippen LogP contribution in [0.4, 0.5) is 0 Å². The Morgan fingerprint density at radius 1 is 0.789 bits per heavy atom. The van der Waals surface area contributed by atoms with Gasteiger partial charge < -0.3 is 24.4 Å². The molecule has 7 heteroatoms. The molecule has 0 aromatic heterocycles. The van der Waals surface area contributed by atoms with Crippen molar-refractivity contribution in [3.8, 4) is 17.2 Å².